The second-order valence-electron chi connectivity index (χ2n) is 3.95. The SMILES string of the molecule is Cc1[nH]nc([C@H]2NCCc3[nH]cnc32)c1Cl. The van der Waals surface area contributed by atoms with E-state index in [4.69, 9.17) is 11.6 Å². The van der Waals surface area contributed by atoms with Crippen molar-refractivity contribution in [2.45, 2.75) is 19.4 Å². The van der Waals surface area contributed by atoms with Crippen molar-refractivity contribution in [3.8, 4) is 0 Å². The lowest BCUT2D eigenvalue weighted by Crippen LogP contribution is -2.31. The van der Waals surface area contributed by atoms with Gasteiger partial charge in [-0.3, -0.25) is 5.10 Å². The molecule has 6 heteroatoms. The summed E-state index contributed by atoms with van der Waals surface area (Å²) in [6.45, 7) is 2.81. The number of aromatic nitrogens is 4. The van der Waals surface area contributed by atoms with Crippen molar-refractivity contribution in [3.05, 3.63) is 34.1 Å². The Kier molecular flexibility index (Phi) is 2.22. The number of H-pyrrole nitrogens is 2. The van der Waals surface area contributed by atoms with E-state index in [0.29, 0.717) is 5.02 Å². The molecule has 0 spiro atoms. The number of rotatable bonds is 1. The van der Waals surface area contributed by atoms with Crippen LogP contribution in [0.15, 0.2) is 6.33 Å². The molecule has 2 aromatic rings. The molecule has 0 saturated carbocycles. The predicted octanol–water partition coefficient (Wildman–Crippen LogP) is 1.33. The lowest BCUT2D eigenvalue weighted by atomic mass is 10.0. The van der Waals surface area contributed by atoms with E-state index in [2.05, 4.69) is 25.5 Å². The van der Waals surface area contributed by atoms with Crippen molar-refractivity contribution in [1.82, 2.24) is 25.5 Å². The number of aromatic amines is 2. The minimum absolute atomic E-state index is 0.00699. The van der Waals surface area contributed by atoms with Gasteiger partial charge in [-0.05, 0) is 6.92 Å². The first-order chi connectivity index (χ1) is 7.77. The van der Waals surface area contributed by atoms with Crippen molar-refractivity contribution < 1.29 is 0 Å². The van der Waals surface area contributed by atoms with E-state index in [0.717, 1.165) is 30.0 Å². The van der Waals surface area contributed by atoms with Gasteiger partial charge in [0.25, 0.3) is 0 Å². The smallest absolute Gasteiger partial charge is 0.104 e. The van der Waals surface area contributed by atoms with Gasteiger partial charge in [0.1, 0.15) is 5.69 Å². The van der Waals surface area contributed by atoms with Gasteiger partial charge in [-0.2, -0.15) is 5.10 Å². The first-order valence-corrected chi connectivity index (χ1v) is 5.61. The summed E-state index contributed by atoms with van der Waals surface area (Å²) in [5, 5.41) is 11.2. The Morgan fingerprint density at radius 3 is 3.06 bits per heavy atom. The zero-order valence-corrected chi connectivity index (χ0v) is 9.60. The average Bonchev–Trinajstić information content (AvgIpc) is 2.87. The molecule has 84 valence electrons. The number of hydrogen-bond acceptors (Lipinski definition) is 3. The van der Waals surface area contributed by atoms with Gasteiger partial charge in [0, 0.05) is 18.7 Å². The molecule has 0 bridgehead atoms. The molecule has 0 saturated heterocycles. The van der Waals surface area contributed by atoms with Crippen molar-refractivity contribution >= 4 is 11.6 Å². The van der Waals surface area contributed by atoms with Crippen LogP contribution in [0.2, 0.25) is 5.02 Å². The Bertz CT molecular complexity index is 515. The average molecular weight is 238 g/mol. The first-order valence-electron chi connectivity index (χ1n) is 5.23. The van der Waals surface area contributed by atoms with Gasteiger partial charge < -0.3 is 10.3 Å². The summed E-state index contributed by atoms with van der Waals surface area (Å²) in [4.78, 5) is 7.49. The molecule has 1 aliphatic rings. The number of fused-ring (bicyclic) bond motifs is 1. The topological polar surface area (TPSA) is 69.4 Å². The molecular formula is C10H12ClN5. The van der Waals surface area contributed by atoms with E-state index in [9.17, 15) is 0 Å². The molecule has 0 aromatic carbocycles. The summed E-state index contributed by atoms with van der Waals surface area (Å²) in [5.74, 6) is 0. The fourth-order valence-electron chi connectivity index (χ4n) is 2.07. The second kappa shape index (κ2) is 3.61. The summed E-state index contributed by atoms with van der Waals surface area (Å²) in [6, 6.07) is -0.00699. The molecule has 0 amide bonds. The maximum atomic E-state index is 6.20. The molecule has 2 aromatic heterocycles. The number of nitrogens with one attached hydrogen (secondary N) is 3. The van der Waals surface area contributed by atoms with E-state index >= 15 is 0 Å². The quantitative estimate of drug-likeness (QED) is 0.701. The summed E-state index contributed by atoms with van der Waals surface area (Å²) >= 11 is 6.20. The van der Waals surface area contributed by atoms with E-state index in [1.807, 2.05) is 6.92 Å². The molecule has 16 heavy (non-hydrogen) atoms. The minimum Gasteiger partial charge on any atom is -0.348 e. The predicted molar refractivity (Wildman–Crippen MR) is 60.5 cm³/mol. The molecule has 3 rings (SSSR count). The third-order valence-electron chi connectivity index (χ3n) is 2.92. The highest BCUT2D eigenvalue weighted by Crippen LogP contribution is 2.30. The van der Waals surface area contributed by atoms with Gasteiger partial charge in [0.05, 0.1) is 28.8 Å². The van der Waals surface area contributed by atoms with Crippen LogP contribution in [0.4, 0.5) is 0 Å². The van der Waals surface area contributed by atoms with Gasteiger partial charge in [-0.25, -0.2) is 4.98 Å². The Balaban J connectivity index is 2.07. The van der Waals surface area contributed by atoms with Crippen molar-refractivity contribution in [3.63, 3.8) is 0 Å². The van der Waals surface area contributed by atoms with E-state index in [1.54, 1.807) is 6.33 Å². The molecular weight excluding hydrogens is 226 g/mol. The molecule has 0 unspecified atom stereocenters. The van der Waals surface area contributed by atoms with Crippen LogP contribution in [-0.2, 0) is 6.42 Å². The summed E-state index contributed by atoms with van der Waals surface area (Å²) in [6.07, 6.45) is 2.69. The Morgan fingerprint density at radius 2 is 2.31 bits per heavy atom. The van der Waals surface area contributed by atoms with Gasteiger partial charge in [-0.1, -0.05) is 11.6 Å². The maximum absolute atomic E-state index is 6.20. The van der Waals surface area contributed by atoms with Crippen LogP contribution in [0.25, 0.3) is 0 Å². The van der Waals surface area contributed by atoms with E-state index < -0.39 is 0 Å². The molecule has 5 nitrogen and oxygen atoms in total. The Labute approximate surface area is 97.6 Å². The largest absolute Gasteiger partial charge is 0.348 e. The normalized spacial score (nSPS) is 19.8. The molecule has 3 heterocycles. The highest BCUT2D eigenvalue weighted by molar-refractivity contribution is 6.31. The number of aryl methyl sites for hydroxylation is 1. The highest BCUT2D eigenvalue weighted by Gasteiger charge is 2.27. The summed E-state index contributed by atoms with van der Waals surface area (Å²) < 4.78 is 0. The van der Waals surface area contributed by atoms with Crippen LogP contribution in [0, 0.1) is 6.92 Å². The van der Waals surface area contributed by atoms with Crippen LogP contribution in [-0.4, -0.2) is 26.7 Å². The van der Waals surface area contributed by atoms with Gasteiger partial charge in [0.2, 0.25) is 0 Å². The second-order valence-corrected chi connectivity index (χ2v) is 4.33. The maximum Gasteiger partial charge on any atom is 0.104 e. The lowest BCUT2D eigenvalue weighted by molar-refractivity contribution is 0.542. The molecule has 0 aliphatic carbocycles. The summed E-state index contributed by atoms with van der Waals surface area (Å²) in [7, 11) is 0. The van der Waals surface area contributed by atoms with Crippen molar-refractivity contribution in [2.24, 2.45) is 0 Å². The third kappa shape index (κ3) is 1.36. The summed E-state index contributed by atoms with van der Waals surface area (Å²) in [5.41, 5.74) is 3.88. The monoisotopic (exact) mass is 237 g/mol. The number of hydrogen-bond donors (Lipinski definition) is 3. The molecule has 0 fully saturated rings. The van der Waals surface area contributed by atoms with Gasteiger partial charge >= 0.3 is 0 Å². The number of imidazole rings is 1. The van der Waals surface area contributed by atoms with Crippen LogP contribution < -0.4 is 5.32 Å². The van der Waals surface area contributed by atoms with Crippen molar-refractivity contribution in [1.29, 1.82) is 0 Å². The number of nitrogens with zero attached hydrogens (tertiary/aromatic N) is 2. The van der Waals surface area contributed by atoms with Crippen molar-refractivity contribution in [2.75, 3.05) is 6.54 Å². The Morgan fingerprint density at radius 1 is 1.44 bits per heavy atom. The van der Waals surface area contributed by atoms with Crippen LogP contribution in [0.3, 0.4) is 0 Å². The zero-order chi connectivity index (χ0) is 11.1. The zero-order valence-electron chi connectivity index (χ0n) is 8.84. The van der Waals surface area contributed by atoms with E-state index in [-0.39, 0.29) is 6.04 Å². The third-order valence-corrected chi connectivity index (χ3v) is 3.40. The van der Waals surface area contributed by atoms with Gasteiger partial charge in [-0.15, -0.1) is 0 Å². The highest BCUT2D eigenvalue weighted by atomic mass is 35.5. The molecule has 0 radical (unpaired) electrons. The van der Waals surface area contributed by atoms with Crippen LogP contribution >= 0.6 is 11.6 Å². The molecule has 1 atom stereocenters. The number of halogens is 1. The molecule has 1 aliphatic heterocycles. The Hall–Kier alpha value is -1.33. The first kappa shape index (κ1) is 9.86. The fourth-order valence-corrected chi connectivity index (χ4v) is 2.26. The van der Waals surface area contributed by atoms with Gasteiger partial charge in [0.15, 0.2) is 0 Å². The standard InChI is InChI=1S/C10H12ClN5/c1-5-7(11)9(16-15-5)10-8-6(2-3-12-10)13-4-14-8/h4,10,12H,2-3H2,1H3,(H,13,14)(H,15,16)/t10-/m0/s1. The van der Waals surface area contributed by atoms with Crippen LogP contribution in [0.5, 0.6) is 0 Å². The molecule has 3 N–H and O–H groups in total. The fraction of sp³-hybridized carbons (Fsp3) is 0.400. The lowest BCUT2D eigenvalue weighted by Gasteiger charge is -2.21. The minimum atomic E-state index is -0.00699. The van der Waals surface area contributed by atoms with E-state index in [1.165, 1.54) is 5.69 Å². The van der Waals surface area contributed by atoms with Crippen LogP contribution in [0.1, 0.15) is 28.8 Å².